The van der Waals surface area contributed by atoms with Gasteiger partial charge in [-0.25, -0.2) is 0 Å². The molecule has 1 aliphatic heterocycles. The second kappa shape index (κ2) is 5.52. The topological polar surface area (TPSA) is 29.5 Å². The number of carbonyl (C=O) groups excluding carboxylic acids is 1. The first-order chi connectivity index (χ1) is 10.8. The molecular weight excluding hydrogens is 294 g/mol. The van der Waals surface area contributed by atoms with E-state index in [-0.39, 0.29) is 11.5 Å². The molecule has 1 aromatic heterocycles. The van der Waals surface area contributed by atoms with Crippen LogP contribution >= 0.6 is 11.3 Å². The molecule has 0 N–H and O–H groups in total. The number of hydrogen-bond acceptors (Lipinski definition) is 3. The van der Waals surface area contributed by atoms with Gasteiger partial charge in [0.15, 0.2) is 0 Å². The molecule has 1 saturated heterocycles. The van der Waals surface area contributed by atoms with Crippen molar-refractivity contribution in [2.24, 2.45) is 0 Å². The number of nitrogens with zero attached hydrogens (tertiary/aromatic N) is 1. The molecule has 22 heavy (non-hydrogen) atoms. The van der Waals surface area contributed by atoms with Crippen molar-refractivity contribution in [3.8, 4) is 0 Å². The molecule has 4 rings (SSSR count). The molecular formula is C18H19NO2S. The van der Waals surface area contributed by atoms with E-state index in [4.69, 9.17) is 4.74 Å². The molecule has 1 atom stereocenters. The molecule has 1 unspecified atom stereocenters. The summed E-state index contributed by atoms with van der Waals surface area (Å²) in [6, 6.07) is 12.5. The van der Waals surface area contributed by atoms with Crippen LogP contribution in [0.25, 0.3) is 0 Å². The lowest BCUT2D eigenvalue weighted by atomic mass is 9.93. The number of carbonyl (C=O) groups is 1. The molecule has 0 bridgehead atoms. The lowest BCUT2D eigenvalue weighted by Crippen LogP contribution is -2.51. The van der Waals surface area contributed by atoms with Gasteiger partial charge < -0.3 is 9.64 Å². The molecule has 0 radical (unpaired) electrons. The van der Waals surface area contributed by atoms with Gasteiger partial charge in [0, 0.05) is 11.4 Å². The van der Waals surface area contributed by atoms with Gasteiger partial charge in [-0.15, -0.1) is 11.3 Å². The van der Waals surface area contributed by atoms with E-state index in [2.05, 4.69) is 24.3 Å². The van der Waals surface area contributed by atoms with Crippen molar-refractivity contribution in [1.29, 1.82) is 0 Å². The van der Waals surface area contributed by atoms with Gasteiger partial charge >= 0.3 is 0 Å². The lowest BCUT2D eigenvalue weighted by molar-refractivity contribution is -0.151. The molecule has 1 spiro atoms. The Morgan fingerprint density at radius 3 is 3.05 bits per heavy atom. The van der Waals surface area contributed by atoms with Crippen LogP contribution in [0.15, 0.2) is 41.8 Å². The van der Waals surface area contributed by atoms with Crippen LogP contribution in [0.5, 0.6) is 0 Å². The molecule has 114 valence electrons. The highest BCUT2D eigenvalue weighted by molar-refractivity contribution is 7.10. The van der Waals surface area contributed by atoms with E-state index in [1.165, 1.54) is 11.1 Å². The van der Waals surface area contributed by atoms with Gasteiger partial charge in [0.05, 0.1) is 19.6 Å². The van der Waals surface area contributed by atoms with Crippen molar-refractivity contribution >= 4 is 17.2 Å². The van der Waals surface area contributed by atoms with Crippen LogP contribution in [0.1, 0.15) is 22.4 Å². The number of hydrogen-bond donors (Lipinski definition) is 0. The Bertz CT molecular complexity index is 678. The fourth-order valence-corrected chi connectivity index (χ4v) is 4.34. The van der Waals surface area contributed by atoms with E-state index >= 15 is 0 Å². The Kier molecular flexibility index (Phi) is 3.51. The minimum absolute atomic E-state index is 0.217. The summed E-state index contributed by atoms with van der Waals surface area (Å²) in [5.74, 6) is 0.217. The zero-order valence-corrected chi connectivity index (χ0v) is 13.3. The van der Waals surface area contributed by atoms with Crippen molar-refractivity contribution in [3.63, 3.8) is 0 Å². The first kappa shape index (κ1) is 14.0. The van der Waals surface area contributed by atoms with Gasteiger partial charge in [0.25, 0.3) is 0 Å². The van der Waals surface area contributed by atoms with Crippen LogP contribution in [0, 0.1) is 0 Å². The van der Waals surface area contributed by atoms with Crippen LogP contribution in [0.4, 0.5) is 0 Å². The summed E-state index contributed by atoms with van der Waals surface area (Å²) in [5.41, 5.74) is 2.37. The molecule has 1 aromatic carbocycles. The van der Waals surface area contributed by atoms with Crippen molar-refractivity contribution < 1.29 is 9.53 Å². The predicted octanol–water partition coefficient (Wildman–Crippen LogP) is 2.99. The first-order valence-corrected chi connectivity index (χ1v) is 8.67. The predicted molar refractivity (Wildman–Crippen MR) is 87.0 cm³/mol. The minimum atomic E-state index is -0.278. The Hall–Kier alpha value is -1.65. The molecule has 1 amide bonds. The summed E-state index contributed by atoms with van der Waals surface area (Å²) >= 11 is 1.65. The number of morpholine rings is 1. The largest absolute Gasteiger partial charge is 0.367 e. The molecule has 1 fully saturated rings. The van der Waals surface area contributed by atoms with Crippen molar-refractivity contribution in [3.05, 3.63) is 57.8 Å². The summed E-state index contributed by atoms with van der Waals surface area (Å²) in [4.78, 5) is 15.7. The number of amides is 1. The van der Waals surface area contributed by atoms with E-state index in [0.29, 0.717) is 26.1 Å². The number of rotatable bonds is 2. The maximum Gasteiger partial charge on any atom is 0.228 e. The van der Waals surface area contributed by atoms with Crippen molar-refractivity contribution in [2.45, 2.75) is 24.9 Å². The average Bonchev–Trinajstić information content (AvgIpc) is 3.17. The molecule has 2 heterocycles. The summed E-state index contributed by atoms with van der Waals surface area (Å²) < 4.78 is 6.18. The summed E-state index contributed by atoms with van der Waals surface area (Å²) in [6.07, 6.45) is 2.54. The molecule has 2 aromatic rings. The number of aryl methyl sites for hydroxylation is 1. The third kappa shape index (κ3) is 2.36. The third-order valence-electron chi connectivity index (χ3n) is 4.75. The Balaban J connectivity index is 1.54. The Labute approximate surface area is 134 Å². The zero-order valence-electron chi connectivity index (χ0n) is 12.5. The van der Waals surface area contributed by atoms with Crippen molar-refractivity contribution in [1.82, 2.24) is 4.90 Å². The van der Waals surface area contributed by atoms with E-state index in [0.717, 1.165) is 17.7 Å². The number of thiophene rings is 1. The highest BCUT2D eigenvalue weighted by Gasteiger charge is 2.44. The van der Waals surface area contributed by atoms with Crippen LogP contribution in [0.2, 0.25) is 0 Å². The standard InChI is InChI=1S/C18H19NO2S/c20-17(12-15-5-3-11-22-15)19-9-10-21-18(13-19)8-7-14-4-1-2-6-16(14)18/h1-6,11H,7-10,12-13H2. The smallest absolute Gasteiger partial charge is 0.228 e. The van der Waals surface area contributed by atoms with Gasteiger partial charge in [0.2, 0.25) is 5.91 Å². The fraction of sp³-hybridized carbons (Fsp3) is 0.389. The summed E-state index contributed by atoms with van der Waals surface area (Å²) in [5, 5.41) is 2.02. The van der Waals surface area contributed by atoms with Gasteiger partial charge in [-0.1, -0.05) is 30.3 Å². The second-order valence-corrected chi connectivity index (χ2v) is 7.10. The summed E-state index contributed by atoms with van der Waals surface area (Å²) in [7, 11) is 0. The van der Waals surface area contributed by atoms with E-state index in [1.54, 1.807) is 11.3 Å². The van der Waals surface area contributed by atoms with E-state index in [1.807, 2.05) is 22.4 Å². The van der Waals surface area contributed by atoms with Gasteiger partial charge in [-0.2, -0.15) is 0 Å². The van der Waals surface area contributed by atoms with Crippen LogP contribution < -0.4 is 0 Å². The maximum atomic E-state index is 12.6. The molecule has 4 heteroatoms. The molecule has 1 aliphatic carbocycles. The molecule has 3 nitrogen and oxygen atoms in total. The monoisotopic (exact) mass is 313 g/mol. The highest BCUT2D eigenvalue weighted by atomic mass is 32.1. The molecule has 2 aliphatic rings. The maximum absolute atomic E-state index is 12.6. The number of benzene rings is 1. The second-order valence-electron chi connectivity index (χ2n) is 6.07. The summed E-state index contributed by atoms with van der Waals surface area (Å²) in [6.45, 7) is 2.02. The Morgan fingerprint density at radius 2 is 2.18 bits per heavy atom. The van der Waals surface area contributed by atoms with Gasteiger partial charge in [0.1, 0.15) is 5.60 Å². The molecule has 0 saturated carbocycles. The third-order valence-corrected chi connectivity index (χ3v) is 5.63. The fourth-order valence-electron chi connectivity index (χ4n) is 3.64. The minimum Gasteiger partial charge on any atom is -0.367 e. The highest BCUT2D eigenvalue weighted by Crippen LogP contribution is 2.42. The lowest BCUT2D eigenvalue weighted by Gasteiger charge is -2.41. The van der Waals surface area contributed by atoms with E-state index in [9.17, 15) is 4.79 Å². The normalized spacial score (nSPS) is 23.7. The Morgan fingerprint density at radius 1 is 1.27 bits per heavy atom. The van der Waals surface area contributed by atoms with Gasteiger partial charge in [-0.05, 0) is 35.4 Å². The van der Waals surface area contributed by atoms with E-state index < -0.39 is 0 Å². The van der Waals surface area contributed by atoms with Crippen molar-refractivity contribution in [2.75, 3.05) is 19.7 Å². The van der Waals surface area contributed by atoms with Crippen LogP contribution in [-0.4, -0.2) is 30.5 Å². The first-order valence-electron chi connectivity index (χ1n) is 7.79. The SMILES string of the molecule is O=C(Cc1cccs1)N1CCOC2(CCc3ccccc32)C1. The quantitative estimate of drug-likeness (QED) is 0.853. The van der Waals surface area contributed by atoms with Crippen LogP contribution in [-0.2, 0) is 28.0 Å². The number of ether oxygens (including phenoxy) is 1. The zero-order chi connectivity index (χ0) is 15.0. The van der Waals surface area contributed by atoms with Gasteiger partial charge in [-0.3, -0.25) is 4.79 Å². The average molecular weight is 313 g/mol. The number of fused-ring (bicyclic) bond motifs is 2. The van der Waals surface area contributed by atoms with Crippen LogP contribution in [0.3, 0.4) is 0 Å².